The van der Waals surface area contributed by atoms with Crippen LogP contribution in [0.15, 0.2) is 17.0 Å². The highest BCUT2D eigenvalue weighted by Gasteiger charge is 2.25. The monoisotopic (exact) mass is 407 g/mol. The summed E-state index contributed by atoms with van der Waals surface area (Å²) in [6.07, 6.45) is 8.71. The first kappa shape index (κ1) is 21.3. The Bertz CT molecular complexity index is 808. The number of nitrogens with zero attached hydrogens (tertiary/aromatic N) is 1. The normalized spacial score (nSPS) is 20.2. The fraction of sp³-hybridized carbons (Fsp3) is 0.667. The van der Waals surface area contributed by atoms with Gasteiger partial charge in [0, 0.05) is 31.2 Å². The predicted octanol–water partition coefficient (Wildman–Crippen LogP) is 2.73. The Labute approximate surface area is 168 Å². The second-order valence-electron chi connectivity index (χ2n) is 8.51. The zero-order chi connectivity index (χ0) is 20.3. The van der Waals surface area contributed by atoms with Crippen LogP contribution < -0.4 is 10.5 Å². The van der Waals surface area contributed by atoms with E-state index >= 15 is 0 Å². The molecule has 7 heteroatoms. The minimum absolute atomic E-state index is 0.0111. The molecule has 0 bridgehead atoms. The number of amides is 1. The van der Waals surface area contributed by atoms with E-state index in [0.717, 1.165) is 43.0 Å². The van der Waals surface area contributed by atoms with E-state index in [1.807, 2.05) is 6.92 Å². The molecule has 6 nitrogen and oxygen atoms in total. The lowest BCUT2D eigenvalue weighted by Gasteiger charge is -2.35. The number of carbonyl (C=O) groups excluding carboxylic acids is 1. The lowest BCUT2D eigenvalue weighted by molar-refractivity contribution is 0.0900. The molecule has 2 fully saturated rings. The summed E-state index contributed by atoms with van der Waals surface area (Å²) in [5.41, 5.74) is 1.94. The lowest BCUT2D eigenvalue weighted by Crippen LogP contribution is -2.46. The maximum Gasteiger partial charge on any atom is 0.251 e. The van der Waals surface area contributed by atoms with Crippen molar-refractivity contribution in [2.24, 2.45) is 11.1 Å². The number of hydrogen-bond acceptors (Lipinski definition) is 4. The van der Waals surface area contributed by atoms with Gasteiger partial charge >= 0.3 is 0 Å². The van der Waals surface area contributed by atoms with Crippen molar-refractivity contribution in [3.63, 3.8) is 0 Å². The van der Waals surface area contributed by atoms with Crippen molar-refractivity contribution >= 4 is 15.9 Å². The first-order valence-corrected chi connectivity index (χ1v) is 12.0. The fourth-order valence-electron chi connectivity index (χ4n) is 4.48. The summed E-state index contributed by atoms with van der Waals surface area (Å²) in [4.78, 5) is 15.3. The number of hydrogen-bond donors (Lipinski definition) is 2. The third kappa shape index (κ3) is 5.33. The highest BCUT2D eigenvalue weighted by atomic mass is 32.2. The number of rotatable bonds is 5. The number of sulfonamides is 1. The third-order valence-corrected chi connectivity index (χ3v) is 7.27. The molecule has 3 N–H and O–H groups in total. The highest BCUT2D eigenvalue weighted by Crippen LogP contribution is 2.26. The van der Waals surface area contributed by atoms with Crippen LogP contribution in [0.1, 0.15) is 66.4 Å². The summed E-state index contributed by atoms with van der Waals surface area (Å²) in [6.45, 7) is 6.84. The number of nitrogens with two attached hydrogens (primary N) is 1. The predicted molar refractivity (Wildman–Crippen MR) is 111 cm³/mol. The molecule has 0 radical (unpaired) electrons. The Morgan fingerprint density at radius 1 is 1.11 bits per heavy atom. The second-order valence-corrected chi connectivity index (χ2v) is 10.1. The number of aryl methyl sites for hydroxylation is 1. The number of benzene rings is 1. The van der Waals surface area contributed by atoms with E-state index in [2.05, 4.69) is 10.2 Å². The molecule has 1 amide bonds. The molecule has 0 spiro atoms. The number of primary sulfonamides is 1. The minimum atomic E-state index is -3.84. The number of carbonyl (C=O) groups is 1. The Morgan fingerprint density at radius 2 is 1.75 bits per heavy atom. The minimum Gasteiger partial charge on any atom is -0.349 e. The maximum absolute atomic E-state index is 12.8. The lowest BCUT2D eigenvalue weighted by atomic mass is 9.88. The molecule has 0 unspecified atom stereocenters. The van der Waals surface area contributed by atoms with E-state index in [-0.39, 0.29) is 16.8 Å². The van der Waals surface area contributed by atoms with E-state index in [1.165, 1.54) is 50.8 Å². The molecule has 3 rings (SSSR count). The fourth-order valence-corrected chi connectivity index (χ4v) is 5.11. The topological polar surface area (TPSA) is 92.5 Å². The van der Waals surface area contributed by atoms with Gasteiger partial charge in [-0.1, -0.05) is 19.3 Å². The SMILES string of the molecule is Cc1cc(S(N)(=O)=O)cc(C(=O)NC2CCN(CC3CCCCC3)CC2)c1C. The Hall–Kier alpha value is -1.44. The number of likely N-dealkylation sites (tertiary alicyclic amines) is 1. The Morgan fingerprint density at radius 3 is 2.36 bits per heavy atom. The summed E-state index contributed by atoms with van der Waals surface area (Å²) >= 11 is 0. The molecule has 156 valence electrons. The standard InChI is InChI=1S/C21H33N3O3S/c1-15-12-19(28(22,26)27)13-20(16(15)2)21(25)23-18-8-10-24(11-9-18)14-17-6-4-3-5-7-17/h12-13,17-18H,3-11,14H2,1-2H3,(H,23,25)(H2,22,26,27). The van der Waals surface area contributed by atoms with Gasteiger partial charge in [0.25, 0.3) is 5.91 Å². The van der Waals surface area contributed by atoms with Crippen molar-refractivity contribution < 1.29 is 13.2 Å². The maximum atomic E-state index is 12.8. The van der Waals surface area contributed by atoms with E-state index < -0.39 is 10.0 Å². The molecule has 1 aliphatic carbocycles. The van der Waals surface area contributed by atoms with Crippen LogP contribution in [0.25, 0.3) is 0 Å². The van der Waals surface area contributed by atoms with E-state index in [4.69, 9.17) is 5.14 Å². The second kappa shape index (κ2) is 8.93. The average molecular weight is 408 g/mol. The molecule has 0 aromatic heterocycles. The van der Waals surface area contributed by atoms with Crippen LogP contribution in [-0.2, 0) is 10.0 Å². The molecule has 28 heavy (non-hydrogen) atoms. The van der Waals surface area contributed by atoms with Gasteiger partial charge in [0.2, 0.25) is 10.0 Å². The number of nitrogens with one attached hydrogen (secondary N) is 1. The van der Waals surface area contributed by atoms with Crippen molar-refractivity contribution in [1.82, 2.24) is 10.2 Å². The quantitative estimate of drug-likeness (QED) is 0.785. The summed E-state index contributed by atoms with van der Waals surface area (Å²) in [5, 5.41) is 8.36. The smallest absolute Gasteiger partial charge is 0.251 e. The summed E-state index contributed by atoms with van der Waals surface area (Å²) in [5.74, 6) is 0.628. The van der Waals surface area contributed by atoms with E-state index in [1.54, 1.807) is 6.92 Å². The van der Waals surface area contributed by atoms with Crippen LogP contribution in [-0.4, -0.2) is 44.9 Å². The van der Waals surface area contributed by atoms with Gasteiger partial charge in [0.15, 0.2) is 0 Å². The van der Waals surface area contributed by atoms with Gasteiger partial charge in [-0.15, -0.1) is 0 Å². The summed E-state index contributed by atoms with van der Waals surface area (Å²) < 4.78 is 23.4. The van der Waals surface area contributed by atoms with Crippen molar-refractivity contribution in [1.29, 1.82) is 0 Å². The van der Waals surface area contributed by atoms with Gasteiger partial charge in [0.1, 0.15) is 0 Å². The zero-order valence-corrected chi connectivity index (χ0v) is 17.9. The van der Waals surface area contributed by atoms with Crippen LogP contribution in [0.2, 0.25) is 0 Å². The summed E-state index contributed by atoms with van der Waals surface area (Å²) in [6, 6.07) is 3.05. The first-order valence-electron chi connectivity index (χ1n) is 10.4. The van der Waals surface area contributed by atoms with Crippen LogP contribution in [0.4, 0.5) is 0 Å². The van der Waals surface area contributed by atoms with Gasteiger partial charge in [0.05, 0.1) is 4.90 Å². The van der Waals surface area contributed by atoms with E-state index in [9.17, 15) is 13.2 Å². The summed E-state index contributed by atoms with van der Waals surface area (Å²) in [7, 11) is -3.84. The van der Waals surface area contributed by atoms with Crippen LogP contribution >= 0.6 is 0 Å². The Kier molecular flexibility index (Phi) is 6.78. The zero-order valence-electron chi connectivity index (χ0n) is 17.0. The van der Waals surface area contributed by atoms with Crippen molar-refractivity contribution in [2.45, 2.75) is 69.7 Å². The third-order valence-electron chi connectivity index (χ3n) is 6.38. The molecule has 1 aromatic carbocycles. The average Bonchev–Trinajstić information content (AvgIpc) is 2.65. The molecule has 1 saturated heterocycles. The molecule has 2 aliphatic rings. The van der Waals surface area contributed by atoms with Crippen LogP contribution in [0.5, 0.6) is 0 Å². The molecule has 1 aromatic rings. The van der Waals surface area contributed by atoms with Gasteiger partial charge < -0.3 is 10.2 Å². The van der Waals surface area contributed by atoms with Crippen LogP contribution in [0.3, 0.4) is 0 Å². The van der Waals surface area contributed by atoms with Gasteiger partial charge in [-0.2, -0.15) is 0 Å². The highest BCUT2D eigenvalue weighted by molar-refractivity contribution is 7.89. The molecule has 1 heterocycles. The van der Waals surface area contributed by atoms with Crippen molar-refractivity contribution in [2.75, 3.05) is 19.6 Å². The molecular formula is C21H33N3O3S. The van der Waals surface area contributed by atoms with Crippen molar-refractivity contribution in [3.8, 4) is 0 Å². The molecule has 1 saturated carbocycles. The first-order chi connectivity index (χ1) is 13.2. The van der Waals surface area contributed by atoms with Crippen LogP contribution in [0, 0.1) is 19.8 Å². The van der Waals surface area contributed by atoms with Gasteiger partial charge in [-0.25, -0.2) is 13.6 Å². The molecule has 1 aliphatic heterocycles. The molecular weight excluding hydrogens is 374 g/mol. The Balaban J connectivity index is 1.58. The molecule has 0 atom stereocenters. The number of piperidine rings is 1. The van der Waals surface area contributed by atoms with Gasteiger partial charge in [-0.3, -0.25) is 4.79 Å². The van der Waals surface area contributed by atoms with E-state index in [0.29, 0.717) is 5.56 Å². The largest absolute Gasteiger partial charge is 0.349 e. The van der Waals surface area contributed by atoms with Gasteiger partial charge in [-0.05, 0) is 68.7 Å². The van der Waals surface area contributed by atoms with Crippen molar-refractivity contribution in [3.05, 3.63) is 28.8 Å².